The average molecular weight is 273 g/mol. The molecule has 0 spiro atoms. The van der Waals surface area contributed by atoms with Crippen LogP contribution in [-0.2, 0) is 6.42 Å². The topological polar surface area (TPSA) is 52.9 Å². The number of hydrogen-bond donors (Lipinski definition) is 1. The van der Waals surface area contributed by atoms with E-state index in [-0.39, 0.29) is 17.3 Å². The number of nitrogens with zero attached hydrogens (tertiary/aromatic N) is 2. The summed E-state index contributed by atoms with van der Waals surface area (Å²) in [7, 11) is 0. The largest absolute Gasteiger partial charge is 0.332 e. The molecule has 1 aromatic heterocycles. The van der Waals surface area contributed by atoms with Crippen molar-refractivity contribution in [2.24, 2.45) is 5.73 Å². The maximum Gasteiger partial charge on any atom is 0.332 e. The molecule has 0 radical (unpaired) electrons. The van der Waals surface area contributed by atoms with E-state index in [0.717, 1.165) is 12.1 Å². The first-order valence-corrected chi connectivity index (χ1v) is 6.95. The Kier molecular flexibility index (Phi) is 3.86. The fourth-order valence-corrected chi connectivity index (χ4v) is 2.28. The van der Waals surface area contributed by atoms with E-state index >= 15 is 0 Å². The van der Waals surface area contributed by atoms with Gasteiger partial charge < -0.3 is 5.73 Å². The van der Waals surface area contributed by atoms with Crippen molar-refractivity contribution in [1.82, 2.24) is 9.13 Å². The molecule has 0 fully saturated rings. The van der Waals surface area contributed by atoms with Crippen LogP contribution in [0.5, 0.6) is 0 Å². The van der Waals surface area contributed by atoms with Crippen LogP contribution in [0.2, 0.25) is 0 Å². The summed E-state index contributed by atoms with van der Waals surface area (Å²) in [5, 5.41) is 0. The van der Waals surface area contributed by atoms with Crippen LogP contribution in [0.3, 0.4) is 0 Å². The van der Waals surface area contributed by atoms with E-state index in [1.165, 1.54) is 5.56 Å². The normalized spacial score (nSPS) is 12.1. The lowest BCUT2D eigenvalue weighted by Crippen LogP contribution is -2.34. The van der Waals surface area contributed by atoms with E-state index in [4.69, 9.17) is 5.73 Å². The van der Waals surface area contributed by atoms with Crippen molar-refractivity contribution in [2.75, 3.05) is 0 Å². The van der Waals surface area contributed by atoms with E-state index in [2.05, 4.69) is 0 Å². The van der Waals surface area contributed by atoms with Crippen LogP contribution < -0.4 is 11.4 Å². The highest BCUT2D eigenvalue weighted by Crippen LogP contribution is 2.13. The Hall–Kier alpha value is -1.81. The third kappa shape index (κ3) is 3.20. The van der Waals surface area contributed by atoms with Gasteiger partial charge in [0.1, 0.15) is 0 Å². The molecular weight excluding hydrogens is 250 g/mol. The zero-order valence-corrected chi connectivity index (χ0v) is 12.6. The first-order valence-electron chi connectivity index (χ1n) is 6.95. The zero-order valence-electron chi connectivity index (χ0n) is 12.6. The second-order valence-corrected chi connectivity index (χ2v) is 6.28. The van der Waals surface area contributed by atoms with Crippen LogP contribution in [0.25, 0.3) is 5.69 Å². The van der Waals surface area contributed by atoms with Gasteiger partial charge in [-0.1, -0.05) is 12.1 Å². The minimum absolute atomic E-state index is 0.00750. The van der Waals surface area contributed by atoms with Crippen molar-refractivity contribution < 1.29 is 0 Å². The van der Waals surface area contributed by atoms with E-state index in [9.17, 15) is 4.79 Å². The summed E-state index contributed by atoms with van der Waals surface area (Å²) in [5.74, 6) is 0. The van der Waals surface area contributed by atoms with Gasteiger partial charge in [0.05, 0.1) is 5.69 Å². The summed E-state index contributed by atoms with van der Waals surface area (Å²) >= 11 is 0. The third-order valence-electron chi connectivity index (χ3n) is 3.23. The molecule has 0 amide bonds. The fraction of sp³-hybridized carbons (Fsp3) is 0.438. The standard InChI is InChI=1S/C16H23N3O/c1-12(2)18-9-10-19(15(18)20)14-7-5-13(6-8-14)11-16(3,4)17/h5-10,12H,11,17H2,1-4H3. The van der Waals surface area contributed by atoms with Crippen LogP contribution in [0.1, 0.15) is 39.3 Å². The van der Waals surface area contributed by atoms with Gasteiger partial charge in [0.25, 0.3) is 0 Å². The maximum absolute atomic E-state index is 12.2. The summed E-state index contributed by atoms with van der Waals surface area (Å²) in [5.41, 5.74) is 7.85. The maximum atomic E-state index is 12.2. The van der Waals surface area contributed by atoms with Gasteiger partial charge in [-0.05, 0) is 51.8 Å². The van der Waals surface area contributed by atoms with Crippen molar-refractivity contribution in [3.05, 3.63) is 52.7 Å². The van der Waals surface area contributed by atoms with Crippen LogP contribution in [-0.4, -0.2) is 14.7 Å². The van der Waals surface area contributed by atoms with Crippen LogP contribution in [0.15, 0.2) is 41.5 Å². The smallest absolute Gasteiger partial charge is 0.325 e. The molecule has 4 nitrogen and oxygen atoms in total. The Balaban J connectivity index is 2.29. The van der Waals surface area contributed by atoms with Gasteiger partial charge in [-0.3, -0.25) is 9.13 Å². The van der Waals surface area contributed by atoms with Crippen molar-refractivity contribution in [3.8, 4) is 5.69 Å². The van der Waals surface area contributed by atoms with Gasteiger partial charge >= 0.3 is 5.69 Å². The highest BCUT2D eigenvalue weighted by Gasteiger charge is 2.12. The first kappa shape index (κ1) is 14.6. The molecule has 1 aromatic carbocycles. The molecule has 0 saturated carbocycles. The first-order chi connectivity index (χ1) is 9.28. The minimum Gasteiger partial charge on any atom is -0.325 e. The molecule has 0 unspecified atom stereocenters. The molecule has 2 rings (SSSR count). The molecule has 0 aliphatic rings. The van der Waals surface area contributed by atoms with E-state index in [1.807, 2.05) is 64.4 Å². The summed E-state index contributed by atoms with van der Waals surface area (Å²) < 4.78 is 3.38. The van der Waals surface area contributed by atoms with Gasteiger partial charge in [-0.25, -0.2) is 4.79 Å². The summed E-state index contributed by atoms with van der Waals surface area (Å²) in [4.78, 5) is 12.2. The van der Waals surface area contributed by atoms with Gasteiger partial charge in [0.2, 0.25) is 0 Å². The van der Waals surface area contributed by atoms with Crippen molar-refractivity contribution in [2.45, 2.75) is 45.7 Å². The van der Waals surface area contributed by atoms with Gasteiger partial charge in [0, 0.05) is 24.0 Å². The molecule has 4 heteroatoms. The fourth-order valence-electron chi connectivity index (χ4n) is 2.28. The monoisotopic (exact) mass is 273 g/mol. The SMILES string of the molecule is CC(C)n1ccn(-c2ccc(CC(C)(C)N)cc2)c1=O. The quantitative estimate of drug-likeness (QED) is 0.930. The molecular formula is C16H23N3O. The Morgan fingerprint density at radius 2 is 1.75 bits per heavy atom. The molecule has 108 valence electrons. The summed E-state index contributed by atoms with van der Waals surface area (Å²) in [6.07, 6.45) is 4.45. The van der Waals surface area contributed by atoms with Crippen LogP contribution in [0, 0.1) is 0 Å². The second kappa shape index (κ2) is 5.29. The molecule has 0 aliphatic heterocycles. The Bertz CT molecular complexity index is 627. The number of hydrogen-bond acceptors (Lipinski definition) is 2. The molecule has 0 bridgehead atoms. The highest BCUT2D eigenvalue weighted by molar-refractivity contribution is 5.35. The zero-order chi connectivity index (χ0) is 14.9. The van der Waals surface area contributed by atoms with E-state index in [0.29, 0.717) is 0 Å². The number of benzene rings is 1. The van der Waals surface area contributed by atoms with Crippen LogP contribution in [0.4, 0.5) is 0 Å². The average Bonchev–Trinajstić information content (AvgIpc) is 2.70. The van der Waals surface area contributed by atoms with Crippen molar-refractivity contribution in [1.29, 1.82) is 0 Å². The van der Waals surface area contributed by atoms with Crippen LogP contribution >= 0.6 is 0 Å². The predicted molar refractivity (Wildman–Crippen MR) is 82.4 cm³/mol. The molecule has 2 aromatic rings. The molecule has 0 saturated heterocycles. The molecule has 2 N–H and O–H groups in total. The lowest BCUT2D eigenvalue weighted by atomic mass is 9.96. The Labute approximate surface area is 119 Å². The third-order valence-corrected chi connectivity index (χ3v) is 3.23. The number of rotatable bonds is 4. The highest BCUT2D eigenvalue weighted by atomic mass is 16.1. The second-order valence-electron chi connectivity index (χ2n) is 6.28. The summed E-state index contributed by atoms with van der Waals surface area (Å²) in [6, 6.07) is 8.16. The minimum atomic E-state index is -0.223. The van der Waals surface area contributed by atoms with E-state index < -0.39 is 0 Å². The van der Waals surface area contributed by atoms with Gasteiger partial charge in [0.15, 0.2) is 0 Å². The number of nitrogens with two attached hydrogens (primary N) is 1. The molecule has 20 heavy (non-hydrogen) atoms. The Morgan fingerprint density at radius 3 is 2.20 bits per heavy atom. The molecule has 1 heterocycles. The lowest BCUT2D eigenvalue weighted by Gasteiger charge is -2.18. The number of imidazole rings is 1. The van der Waals surface area contributed by atoms with Crippen molar-refractivity contribution >= 4 is 0 Å². The molecule has 0 atom stereocenters. The van der Waals surface area contributed by atoms with E-state index in [1.54, 1.807) is 9.13 Å². The van der Waals surface area contributed by atoms with Gasteiger partial charge in [-0.2, -0.15) is 0 Å². The van der Waals surface area contributed by atoms with Gasteiger partial charge in [-0.15, -0.1) is 0 Å². The number of aromatic nitrogens is 2. The Morgan fingerprint density at radius 1 is 1.15 bits per heavy atom. The lowest BCUT2D eigenvalue weighted by molar-refractivity contribution is 0.516. The molecule has 0 aliphatic carbocycles. The predicted octanol–water partition coefficient (Wildman–Crippen LogP) is 2.50. The van der Waals surface area contributed by atoms with Crippen molar-refractivity contribution in [3.63, 3.8) is 0 Å². The summed E-state index contributed by atoms with van der Waals surface area (Å²) in [6.45, 7) is 8.01.